The molecule has 0 bridgehead atoms. The molecule has 84 valence electrons. The Morgan fingerprint density at radius 3 is 2.07 bits per heavy atom. The fraction of sp³-hybridized carbons (Fsp3) is 0.909. The van der Waals surface area contributed by atoms with E-state index in [4.69, 9.17) is 0 Å². The number of nitrogens with zero attached hydrogens (tertiary/aromatic N) is 1. The first kappa shape index (κ1) is 13.9. The molecule has 1 atom stereocenters. The number of alkyl halides is 1. The van der Waals surface area contributed by atoms with Crippen LogP contribution in [0.5, 0.6) is 0 Å². The molecule has 1 unspecified atom stereocenters. The molecule has 2 nitrogen and oxygen atoms in total. The predicted molar refractivity (Wildman–Crippen MR) is 64.6 cm³/mol. The third-order valence-electron chi connectivity index (χ3n) is 2.96. The van der Waals surface area contributed by atoms with Crippen LogP contribution in [0.25, 0.3) is 0 Å². The van der Waals surface area contributed by atoms with E-state index in [1.54, 1.807) is 0 Å². The predicted octanol–water partition coefficient (Wildman–Crippen LogP) is 2.91. The number of halogens is 1. The molecule has 3 heteroatoms. The molecule has 0 aromatic rings. The quantitative estimate of drug-likeness (QED) is 0.715. The molecule has 0 N–H and O–H groups in total. The summed E-state index contributed by atoms with van der Waals surface area (Å²) in [6, 6.07) is 0. The van der Waals surface area contributed by atoms with Gasteiger partial charge in [-0.2, -0.15) is 0 Å². The average Bonchev–Trinajstić information content (AvgIpc) is 2.14. The second-order valence-electron chi connectivity index (χ2n) is 4.88. The van der Waals surface area contributed by atoms with Gasteiger partial charge in [-0.1, -0.05) is 36.7 Å². The zero-order chi connectivity index (χ0) is 11.5. The summed E-state index contributed by atoms with van der Waals surface area (Å²) in [4.78, 5) is 13.8. The van der Waals surface area contributed by atoms with Gasteiger partial charge in [-0.25, -0.2) is 0 Å². The summed E-state index contributed by atoms with van der Waals surface area (Å²) >= 11 is 3.43. The first-order chi connectivity index (χ1) is 6.24. The van der Waals surface area contributed by atoms with Gasteiger partial charge >= 0.3 is 0 Å². The van der Waals surface area contributed by atoms with E-state index in [0.29, 0.717) is 5.92 Å². The number of amides is 1. The van der Waals surface area contributed by atoms with Crippen molar-refractivity contribution in [3.63, 3.8) is 0 Å². The lowest BCUT2D eigenvalue weighted by atomic mass is 9.94. The highest BCUT2D eigenvalue weighted by Crippen LogP contribution is 2.20. The Balaban J connectivity index is 4.55. The van der Waals surface area contributed by atoms with Crippen LogP contribution in [0.2, 0.25) is 0 Å². The molecule has 1 amide bonds. The molecule has 0 saturated carbocycles. The Labute approximate surface area is 96.2 Å². The van der Waals surface area contributed by atoms with Gasteiger partial charge in [0.1, 0.15) is 0 Å². The van der Waals surface area contributed by atoms with Crippen molar-refractivity contribution in [2.45, 2.75) is 40.2 Å². The van der Waals surface area contributed by atoms with Crippen molar-refractivity contribution in [3.05, 3.63) is 0 Å². The third-order valence-corrected chi connectivity index (χ3v) is 4.33. The van der Waals surface area contributed by atoms with Crippen molar-refractivity contribution in [1.82, 2.24) is 4.90 Å². The fourth-order valence-corrected chi connectivity index (χ4v) is 1.35. The monoisotopic (exact) mass is 263 g/mol. The molecule has 14 heavy (non-hydrogen) atoms. The highest BCUT2D eigenvalue weighted by Gasteiger charge is 2.30. The topological polar surface area (TPSA) is 20.3 Å². The van der Waals surface area contributed by atoms with Crippen molar-refractivity contribution in [3.8, 4) is 0 Å². The van der Waals surface area contributed by atoms with Gasteiger partial charge in [0.15, 0.2) is 0 Å². The van der Waals surface area contributed by atoms with E-state index in [9.17, 15) is 4.79 Å². The highest BCUT2D eigenvalue weighted by atomic mass is 79.9. The van der Waals surface area contributed by atoms with Gasteiger partial charge < -0.3 is 4.90 Å². The van der Waals surface area contributed by atoms with Crippen LogP contribution in [-0.2, 0) is 4.79 Å². The van der Waals surface area contributed by atoms with Crippen LogP contribution in [0.4, 0.5) is 0 Å². The lowest BCUT2D eigenvalue weighted by molar-refractivity contribution is -0.139. The molecular weight excluding hydrogens is 242 g/mol. The maximum absolute atomic E-state index is 12.0. The third kappa shape index (κ3) is 3.26. The summed E-state index contributed by atoms with van der Waals surface area (Å²) in [6.45, 7) is 10.3. The van der Waals surface area contributed by atoms with Crippen LogP contribution in [0, 0.1) is 11.8 Å². The van der Waals surface area contributed by atoms with E-state index in [2.05, 4.69) is 43.6 Å². The van der Waals surface area contributed by atoms with Crippen molar-refractivity contribution in [1.29, 1.82) is 0 Å². The normalized spacial score (nSPS) is 14.3. The number of rotatable bonds is 4. The van der Waals surface area contributed by atoms with Crippen molar-refractivity contribution >= 4 is 21.8 Å². The summed E-state index contributed by atoms with van der Waals surface area (Å²) in [5.41, 5.74) is -0.111. The molecule has 0 aliphatic rings. The number of carbonyl (C=O) groups excluding carboxylic acids is 1. The molecule has 0 saturated heterocycles. The van der Waals surface area contributed by atoms with E-state index in [-0.39, 0.29) is 17.4 Å². The van der Waals surface area contributed by atoms with Gasteiger partial charge in [-0.05, 0) is 19.8 Å². The molecular formula is C11H22BrNO. The Morgan fingerprint density at radius 1 is 1.36 bits per heavy atom. The van der Waals surface area contributed by atoms with Crippen LogP contribution in [0.15, 0.2) is 0 Å². The van der Waals surface area contributed by atoms with E-state index in [0.717, 1.165) is 5.33 Å². The summed E-state index contributed by atoms with van der Waals surface area (Å²) in [5.74, 6) is 0.721. The molecule has 0 spiro atoms. The first-order valence-electron chi connectivity index (χ1n) is 5.07. The van der Waals surface area contributed by atoms with Crippen LogP contribution < -0.4 is 0 Å². The summed E-state index contributed by atoms with van der Waals surface area (Å²) in [5, 5.41) is 0.799. The summed E-state index contributed by atoms with van der Waals surface area (Å²) in [7, 11) is 1.88. The molecule has 0 aromatic carbocycles. The Hall–Kier alpha value is -0.0500. The molecule has 0 fully saturated rings. The number of carbonyl (C=O) groups is 1. The van der Waals surface area contributed by atoms with Gasteiger partial charge in [0.25, 0.3) is 0 Å². The molecule has 0 radical (unpaired) electrons. The zero-order valence-electron chi connectivity index (χ0n) is 10.1. The van der Waals surface area contributed by atoms with Gasteiger partial charge in [0.05, 0.1) is 0 Å². The molecule has 0 heterocycles. The minimum Gasteiger partial charge on any atom is -0.340 e. The lowest BCUT2D eigenvalue weighted by Crippen LogP contribution is -2.49. The van der Waals surface area contributed by atoms with Crippen LogP contribution in [-0.4, -0.2) is 28.7 Å². The number of hydrogen-bond donors (Lipinski definition) is 0. The second-order valence-corrected chi connectivity index (χ2v) is 5.44. The summed E-state index contributed by atoms with van der Waals surface area (Å²) < 4.78 is 0. The standard InChI is InChI=1S/C11H22BrNO/c1-8(2)9(3)10(14)13(6)11(4,5)7-12/h8-9H,7H2,1-6H3. The first-order valence-corrected chi connectivity index (χ1v) is 6.19. The molecule has 0 rings (SSSR count). The molecule has 0 aromatic heterocycles. The van der Waals surface area contributed by atoms with Crippen molar-refractivity contribution in [2.24, 2.45) is 11.8 Å². The Morgan fingerprint density at radius 2 is 1.79 bits per heavy atom. The van der Waals surface area contributed by atoms with Crippen molar-refractivity contribution < 1.29 is 4.79 Å². The SMILES string of the molecule is CC(C)C(C)C(=O)N(C)C(C)(C)CBr. The van der Waals surface area contributed by atoms with Crippen molar-refractivity contribution in [2.75, 3.05) is 12.4 Å². The maximum Gasteiger partial charge on any atom is 0.225 e. The number of hydrogen-bond acceptors (Lipinski definition) is 1. The van der Waals surface area contributed by atoms with E-state index >= 15 is 0 Å². The van der Waals surface area contributed by atoms with E-state index in [1.165, 1.54) is 0 Å². The minimum absolute atomic E-state index is 0.0957. The van der Waals surface area contributed by atoms with Gasteiger partial charge in [0.2, 0.25) is 5.91 Å². The van der Waals surface area contributed by atoms with Crippen LogP contribution in [0.1, 0.15) is 34.6 Å². The van der Waals surface area contributed by atoms with Gasteiger partial charge in [-0.3, -0.25) is 4.79 Å². The van der Waals surface area contributed by atoms with E-state index < -0.39 is 0 Å². The Bertz CT molecular complexity index is 201. The fourth-order valence-electron chi connectivity index (χ4n) is 0.979. The zero-order valence-corrected chi connectivity index (χ0v) is 11.7. The molecule has 0 aliphatic heterocycles. The van der Waals surface area contributed by atoms with Gasteiger partial charge in [-0.15, -0.1) is 0 Å². The average molecular weight is 264 g/mol. The summed E-state index contributed by atoms with van der Waals surface area (Å²) in [6.07, 6.45) is 0. The van der Waals surface area contributed by atoms with Crippen LogP contribution in [0.3, 0.4) is 0 Å². The second kappa shape index (κ2) is 5.15. The largest absolute Gasteiger partial charge is 0.340 e. The minimum atomic E-state index is -0.111. The van der Waals surface area contributed by atoms with E-state index in [1.807, 2.05) is 18.9 Å². The highest BCUT2D eigenvalue weighted by molar-refractivity contribution is 9.09. The molecule has 0 aliphatic carbocycles. The maximum atomic E-state index is 12.0. The smallest absolute Gasteiger partial charge is 0.225 e. The van der Waals surface area contributed by atoms with Crippen LogP contribution >= 0.6 is 15.9 Å². The Kier molecular flexibility index (Phi) is 5.13. The van der Waals surface area contributed by atoms with Gasteiger partial charge in [0, 0.05) is 23.8 Å². The lowest BCUT2D eigenvalue weighted by Gasteiger charge is -2.36.